The number of anilines is 1. The van der Waals surface area contributed by atoms with Crippen LogP contribution >= 0.6 is 0 Å². The zero-order chi connectivity index (χ0) is 14.7. The van der Waals surface area contributed by atoms with Crippen molar-refractivity contribution in [2.75, 3.05) is 5.32 Å². The molecular formula is C17H22N4. The summed E-state index contributed by atoms with van der Waals surface area (Å²) in [6.45, 7) is 4.45. The highest BCUT2D eigenvalue weighted by Gasteiger charge is 2.21. The Labute approximate surface area is 126 Å². The van der Waals surface area contributed by atoms with Crippen LogP contribution in [0, 0.1) is 5.92 Å². The maximum Gasteiger partial charge on any atom is 0.161 e. The Morgan fingerprint density at radius 2 is 2.00 bits per heavy atom. The molecule has 2 unspecified atom stereocenters. The Balaban J connectivity index is 1.86. The maximum absolute atomic E-state index is 4.69. The van der Waals surface area contributed by atoms with Crippen LogP contribution in [0.1, 0.15) is 38.8 Å². The van der Waals surface area contributed by atoms with Crippen molar-refractivity contribution in [3.8, 4) is 11.4 Å². The molecule has 0 spiro atoms. The van der Waals surface area contributed by atoms with Crippen LogP contribution in [0.4, 0.5) is 5.82 Å². The maximum atomic E-state index is 4.69. The van der Waals surface area contributed by atoms with Crippen molar-refractivity contribution in [1.82, 2.24) is 15.0 Å². The fraction of sp³-hybridized carbons (Fsp3) is 0.471. The molecule has 4 heteroatoms. The van der Waals surface area contributed by atoms with Crippen LogP contribution in [0.25, 0.3) is 11.4 Å². The Bertz CT molecular complexity index is 597. The lowest BCUT2D eigenvalue weighted by atomic mass is 10.1. The van der Waals surface area contributed by atoms with Crippen molar-refractivity contribution >= 4 is 5.82 Å². The molecule has 2 atom stereocenters. The molecule has 2 heterocycles. The normalized spacial score (nSPS) is 21.4. The predicted octanol–water partition coefficient (Wildman–Crippen LogP) is 3.70. The molecule has 0 aliphatic heterocycles. The van der Waals surface area contributed by atoms with E-state index < -0.39 is 0 Å². The summed E-state index contributed by atoms with van der Waals surface area (Å²) in [6, 6.07) is 6.53. The van der Waals surface area contributed by atoms with Crippen LogP contribution in [0.3, 0.4) is 0 Å². The van der Waals surface area contributed by atoms with Gasteiger partial charge in [-0.3, -0.25) is 4.98 Å². The lowest BCUT2D eigenvalue weighted by Gasteiger charge is -2.15. The van der Waals surface area contributed by atoms with Gasteiger partial charge in [0.1, 0.15) is 5.82 Å². The molecule has 21 heavy (non-hydrogen) atoms. The molecule has 0 aromatic carbocycles. The van der Waals surface area contributed by atoms with E-state index in [0.717, 1.165) is 35.2 Å². The first kappa shape index (κ1) is 14.0. The van der Waals surface area contributed by atoms with Crippen LogP contribution in [-0.2, 0) is 6.42 Å². The fourth-order valence-corrected chi connectivity index (χ4v) is 2.93. The van der Waals surface area contributed by atoms with E-state index >= 15 is 0 Å². The minimum Gasteiger partial charge on any atom is -0.367 e. The number of nitrogens with zero attached hydrogens (tertiary/aromatic N) is 3. The summed E-state index contributed by atoms with van der Waals surface area (Å²) in [5.41, 5.74) is 2.09. The van der Waals surface area contributed by atoms with Gasteiger partial charge in [-0.1, -0.05) is 13.8 Å². The number of pyridine rings is 1. The van der Waals surface area contributed by atoms with Crippen molar-refractivity contribution in [2.24, 2.45) is 5.92 Å². The molecule has 0 amide bonds. The molecule has 0 radical (unpaired) electrons. The number of aromatic nitrogens is 3. The second-order valence-electron chi connectivity index (χ2n) is 5.92. The monoisotopic (exact) mass is 282 g/mol. The molecule has 1 N–H and O–H groups in total. The fourth-order valence-electron chi connectivity index (χ4n) is 2.93. The van der Waals surface area contributed by atoms with Crippen molar-refractivity contribution in [2.45, 2.75) is 45.6 Å². The van der Waals surface area contributed by atoms with E-state index in [4.69, 9.17) is 4.98 Å². The highest BCUT2D eigenvalue weighted by Crippen LogP contribution is 2.27. The first-order chi connectivity index (χ1) is 10.2. The van der Waals surface area contributed by atoms with Gasteiger partial charge in [-0.2, -0.15) is 0 Å². The Morgan fingerprint density at radius 3 is 2.67 bits per heavy atom. The summed E-state index contributed by atoms with van der Waals surface area (Å²) in [5.74, 6) is 2.55. The Kier molecular flexibility index (Phi) is 4.13. The van der Waals surface area contributed by atoms with E-state index in [2.05, 4.69) is 35.2 Å². The standard InChI is InChI=1S/C17H22N4/c1-3-14-11-16(19-15-5-4-12(2)10-15)21-17(20-14)13-6-8-18-9-7-13/h6-9,11-12,15H,3-5,10H2,1-2H3,(H,19,20,21). The smallest absolute Gasteiger partial charge is 0.161 e. The van der Waals surface area contributed by atoms with E-state index in [0.29, 0.717) is 6.04 Å². The lowest BCUT2D eigenvalue weighted by molar-refractivity contribution is 0.602. The highest BCUT2D eigenvalue weighted by atomic mass is 15.1. The van der Waals surface area contributed by atoms with Gasteiger partial charge in [-0.15, -0.1) is 0 Å². The molecule has 3 rings (SSSR count). The largest absolute Gasteiger partial charge is 0.367 e. The molecule has 1 aliphatic rings. The highest BCUT2D eigenvalue weighted by molar-refractivity contribution is 5.56. The summed E-state index contributed by atoms with van der Waals surface area (Å²) in [6.07, 6.45) is 8.25. The summed E-state index contributed by atoms with van der Waals surface area (Å²) >= 11 is 0. The molecule has 0 bridgehead atoms. The molecule has 2 aromatic rings. The first-order valence-corrected chi connectivity index (χ1v) is 7.79. The van der Waals surface area contributed by atoms with E-state index in [1.807, 2.05) is 12.1 Å². The average Bonchev–Trinajstić information content (AvgIpc) is 2.93. The molecule has 110 valence electrons. The van der Waals surface area contributed by atoms with Gasteiger partial charge in [0, 0.05) is 35.8 Å². The third-order valence-electron chi connectivity index (χ3n) is 4.13. The van der Waals surface area contributed by atoms with Crippen molar-refractivity contribution in [1.29, 1.82) is 0 Å². The van der Waals surface area contributed by atoms with Crippen LogP contribution in [0.5, 0.6) is 0 Å². The van der Waals surface area contributed by atoms with Crippen LogP contribution < -0.4 is 5.32 Å². The zero-order valence-corrected chi connectivity index (χ0v) is 12.7. The quantitative estimate of drug-likeness (QED) is 0.929. The average molecular weight is 282 g/mol. The first-order valence-electron chi connectivity index (χ1n) is 7.79. The second-order valence-corrected chi connectivity index (χ2v) is 5.92. The molecular weight excluding hydrogens is 260 g/mol. The minimum atomic E-state index is 0.546. The van der Waals surface area contributed by atoms with E-state index in [-0.39, 0.29) is 0 Å². The van der Waals surface area contributed by atoms with Gasteiger partial charge in [-0.05, 0) is 43.7 Å². The van der Waals surface area contributed by atoms with Gasteiger partial charge >= 0.3 is 0 Å². The van der Waals surface area contributed by atoms with E-state index in [9.17, 15) is 0 Å². The number of aryl methyl sites for hydroxylation is 1. The van der Waals surface area contributed by atoms with Gasteiger partial charge < -0.3 is 5.32 Å². The van der Waals surface area contributed by atoms with E-state index in [1.165, 1.54) is 19.3 Å². The topological polar surface area (TPSA) is 50.7 Å². The number of rotatable bonds is 4. The Hall–Kier alpha value is -1.97. The van der Waals surface area contributed by atoms with E-state index in [1.54, 1.807) is 12.4 Å². The molecule has 2 aromatic heterocycles. The second kappa shape index (κ2) is 6.20. The number of nitrogens with one attached hydrogen (secondary N) is 1. The van der Waals surface area contributed by atoms with Gasteiger partial charge in [0.25, 0.3) is 0 Å². The third-order valence-corrected chi connectivity index (χ3v) is 4.13. The number of hydrogen-bond donors (Lipinski definition) is 1. The van der Waals surface area contributed by atoms with Gasteiger partial charge in [0.05, 0.1) is 0 Å². The summed E-state index contributed by atoms with van der Waals surface area (Å²) in [5, 5.41) is 3.59. The van der Waals surface area contributed by atoms with Gasteiger partial charge in [-0.25, -0.2) is 9.97 Å². The number of hydrogen-bond acceptors (Lipinski definition) is 4. The van der Waals surface area contributed by atoms with Crippen LogP contribution in [-0.4, -0.2) is 21.0 Å². The molecule has 1 aliphatic carbocycles. The zero-order valence-electron chi connectivity index (χ0n) is 12.7. The van der Waals surface area contributed by atoms with Crippen LogP contribution in [0.2, 0.25) is 0 Å². The summed E-state index contributed by atoms with van der Waals surface area (Å²) in [7, 11) is 0. The van der Waals surface area contributed by atoms with Gasteiger partial charge in [0.2, 0.25) is 0 Å². The summed E-state index contributed by atoms with van der Waals surface area (Å²) in [4.78, 5) is 13.4. The molecule has 0 saturated heterocycles. The molecule has 1 saturated carbocycles. The Morgan fingerprint density at radius 1 is 1.19 bits per heavy atom. The van der Waals surface area contributed by atoms with Crippen LogP contribution in [0.15, 0.2) is 30.6 Å². The summed E-state index contributed by atoms with van der Waals surface area (Å²) < 4.78 is 0. The SMILES string of the molecule is CCc1cc(NC2CCC(C)C2)nc(-c2ccncc2)n1. The van der Waals surface area contributed by atoms with Crippen molar-refractivity contribution in [3.63, 3.8) is 0 Å². The molecule has 1 fully saturated rings. The predicted molar refractivity (Wildman–Crippen MR) is 85.1 cm³/mol. The van der Waals surface area contributed by atoms with Crippen molar-refractivity contribution in [3.05, 3.63) is 36.3 Å². The van der Waals surface area contributed by atoms with Crippen molar-refractivity contribution < 1.29 is 0 Å². The third kappa shape index (κ3) is 3.38. The molecule has 4 nitrogen and oxygen atoms in total. The van der Waals surface area contributed by atoms with Gasteiger partial charge in [0.15, 0.2) is 5.82 Å². The lowest BCUT2D eigenvalue weighted by Crippen LogP contribution is -2.17. The minimum absolute atomic E-state index is 0.546.